The van der Waals surface area contributed by atoms with Gasteiger partial charge in [0, 0.05) is 17.4 Å². The van der Waals surface area contributed by atoms with Crippen LogP contribution in [-0.2, 0) is 16.2 Å². The molecule has 8 nitrogen and oxygen atoms in total. The van der Waals surface area contributed by atoms with Crippen molar-refractivity contribution in [2.24, 2.45) is 0 Å². The van der Waals surface area contributed by atoms with E-state index in [0.29, 0.717) is 23.7 Å². The number of sulfonamides is 1. The molecular formula is C22H18F3N5O3S. The molecule has 0 radical (unpaired) electrons. The normalized spacial score (nSPS) is 11.9. The highest BCUT2D eigenvalue weighted by molar-refractivity contribution is 7.92. The number of alkyl halides is 3. The summed E-state index contributed by atoms with van der Waals surface area (Å²) < 4.78 is 72.6. The summed E-state index contributed by atoms with van der Waals surface area (Å²) in [7, 11) is -4.07. The van der Waals surface area contributed by atoms with Crippen LogP contribution < -0.4 is 9.46 Å². The first-order chi connectivity index (χ1) is 16.0. The monoisotopic (exact) mass is 489 g/mol. The third-order valence-corrected chi connectivity index (χ3v) is 6.07. The maximum absolute atomic E-state index is 12.7. The van der Waals surface area contributed by atoms with Gasteiger partial charge in [-0.15, -0.1) is 10.2 Å². The summed E-state index contributed by atoms with van der Waals surface area (Å²) in [6.45, 7) is 3.78. The average molecular weight is 489 g/mol. The van der Waals surface area contributed by atoms with E-state index >= 15 is 0 Å². The van der Waals surface area contributed by atoms with E-state index in [4.69, 9.17) is 4.74 Å². The Morgan fingerprint density at radius 2 is 1.59 bits per heavy atom. The SMILES string of the molecule is Cc1cc(C)n(-c2ccc(Oc3ccc(NS(=O)(=O)c4ccc(C(F)(F)F)cc4)cc3)nn2)n1. The molecule has 0 atom stereocenters. The largest absolute Gasteiger partial charge is 0.438 e. The summed E-state index contributed by atoms with van der Waals surface area (Å²) in [4.78, 5) is -0.293. The molecule has 34 heavy (non-hydrogen) atoms. The van der Waals surface area contributed by atoms with E-state index in [1.54, 1.807) is 16.8 Å². The third kappa shape index (κ3) is 5.17. The molecule has 2 aromatic heterocycles. The summed E-state index contributed by atoms with van der Waals surface area (Å²) in [5.74, 6) is 1.14. The minimum atomic E-state index is -4.55. The van der Waals surface area contributed by atoms with E-state index in [1.807, 2.05) is 19.9 Å². The molecule has 0 bridgehead atoms. The fourth-order valence-electron chi connectivity index (χ4n) is 3.09. The first-order valence-corrected chi connectivity index (χ1v) is 11.3. The van der Waals surface area contributed by atoms with Gasteiger partial charge < -0.3 is 4.74 Å². The third-order valence-electron chi connectivity index (χ3n) is 4.67. The molecule has 2 heterocycles. The first-order valence-electron chi connectivity index (χ1n) is 9.87. The average Bonchev–Trinajstić information content (AvgIpc) is 3.13. The van der Waals surface area contributed by atoms with Crippen molar-refractivity contribution in [3.05, 3.63) is 83.7 Å². The van der Waals surface area contributed by atoms with Crippen LogP contribution in [0.5, 0.6) is 11.6 Å². The lowest BCUT2D eigenvalue weighted by atomic mass is 10.2. The lowest BCUT2D eigenvalue weighted by Gasteiger charge is -2.11. The van der Waals surface area contributed by atoms with Gasteiger partial charge >= 0.3 is 6.18 Å². The number of ether oxygens (including phenoxy) is 1. The molecular weight excluding hydrogens is 471 g/mol. The Bertz CT molecular complexity index is 1400. The molecule has 176 valence electrons. The van der Waals surface area contributed by atoms with Crippen molar-refractivity contribution in [1.82, 2.24) is 20.0 Å². The molecule has 4 rings (SSSR count). The molecule has 0 aliphatic carbocycles. The van der Waals surface area contributed by atoms with Gasteiger partial charge in [-0.25, -0.2) is 13.1 Å². The Morgan fingerprint density at radius 1 is 0.912 bits per heavy atom. The number of halogens is 3. The van der Waals surface area contributed by atoms with Crippen molar-refractivity contribution in [1.29, 1.82) is 0 Å². The van der Waals surface area contributed by atoms with Crippen molar-refractivity contribution < 1.29 is 26.3 Å². The molecule has 4 aromatic rings. The molecule has 0 unspecified atom stereocenters. The fourth-order valence-corrected chi connectivity index (χ4v) is 4.15. The lowest BCUT2D eigenvalue weighted by molar-refractivity contribution is -0.137. The Balaban J connectivity index is 1.42. The zero-order chi connectivity index (χ0) is 24.5. The summed E-state index contributed by atoms with van der Waals surface area (Å²) in [6, 6.07) is 14.4. The number of nitrogens with zero attached hydrogens (tertiary/aromatic N) is 4. The van der Waals surface area contributed by atoms with E-state index in [9.17, 15) is 21.6 Å². The van der Waals surface area contributed by atoms with Crippen LogP contribution in [0.2, 0.25) is 0 Å². The van der Waals surface area contributed by atoms with E-state index < -0.39 is 21.8 Å². The molecule has 12 heteroatoms. The number of aromatic nitrogens is 4. The molecule has 0 amide bonds. The number of benzene rings is 2. The molecule has 0 saturated heterocycles. The van der Waals surface area contributed by atoms with Gasteiger partial charge in [-0.1, -0.05) is 0 Å². The van der Waals surface area contributed by atoms with E-state index in [0.717, 1.165) is 23.5 Å². The Morgan fingerprint density at radius 3 is 2.12 bits per heavy atom. The minimum Gasteiger partial charge on any atom is -0.438 e. The lowest BCUT2D eigenvalue weighted by Crippen LogP contribution is -2.13. The van der Waals surface area contributed by atoms with Crippen LogP contribution >= 0.6 is 0 Å². The van der Waals surface area contributed by atoms with Crippen molar-refractivity contribution in [3.63, 3.8) is 0 Å². The topological polar surface area (TPSA) is 99.0 Å². The second-order valence-electron chi connectivity index (χ2n) is 7.32. The molecule has 1 N–H and O–H groups in total. The standard InChI is InChI=1S/C22H18F3N5O3S/c1-14-13-15(2)30(28-14)20-11-12-21(27-26-20)33-18-7-5-17(6-8-18)29-34(31,32)19-9-3-16(4-10-19)22(23,24)25/h3-13,29H,1-2H3. The van der Waals surface area contributed by atoms with Crippen LogP contribution in [0.1, 0.15) is 17.0 Å². The van der Waals surface area contributed by atoms with Crippen LogP contribution in [0.3, 0.4) is 0 Å². The predicted octanol–water partition coefficient (Wildman–Crippen LogP) is 4.89. The number of nitrogens with one attached hydrogen (secondary N) is 1. The first kappa shape index (κ1) is 23.2. The van der Waals surface area contributed by atoms with E-state index in [-0.39, 0.29) is 16.5 Å². The number of hydrogen-bond donors (Lipinski definition) is 1. The quantitative estimate of drug-likeness (QED) is 0.414. The van der Waals surface area contributed by atoms with Gasteiger partial charge in [-0.2, -0.15) is 18.3 Å². The predicted molar refractivity (Wildman–Crippen MR) is 117 cm³/mol. The number of hydrogen-bond acceptors (Lipinski definition) is 6. The smallest absolute Gasteiger partial charge is 0.416 e. The van der Waals surface area contributed by atoms with Crippen molar-refractivity contribution in [2.45, 2.75) is 24.9 Å². The van der Waals surface area contributed by atoms with Gasteiger partial charge in [0.05, 0.1) is 16.2 Å². The Kier molecular flexibility index (Phi) is 6.00. The van der Waals surface area contributed by atoms with Gasteiger partial charge in [-0.05, 0) is 74.5 Å². The maximum Gasteiger partial charge on any atom is 0.416 e. The van der Waals surface area contributed by atoms with E-state index in [2.05, 4.69) is 20.0 Å². The van der Waals surface area contributed by atoms with Crippen LogP contribution in [0.15, 0.2) is 71.6 Å². The second-order valence-corrected chi connectivity index (χ2v) is 9.01. The summed E-state index contributed by atoms with van der Waals surface area (Å²) in [5.41, 5.74) is 1.04. The maximum atomic E-state index is 12.7. The zero-order valence-corrected chi connectivity index (χ0v) is 18.7. The minimum absolute atomic E-state index is 0.207. The van der Waals surface area contributed by atoms with Gasteiger partial charge in [0.2, 0.25) is 5.88 Å². The number of aryl methyl sites for hydroxylation is 2. The molecule has 0 saturated carbocycles. The van der Waals surface area contributed by atoms with Crippen molar-refractivity contribution in [2.75, 3.05) is 4.72 Å². The highest BCUT2D eigenvalue weighted by atomic mass is 32.2. The van der Waals surface area contributed by atoms with Gasteiger partial charge in [0.1, 0.15) is 5.75 Å². The Hall–Kier alpha value is -3.93. The van der Waals surface area contributed by atoms with Gasteiger partial charge in [0.25, 0.3) is 10.0 Å². The van der Waals surface area contributed by atoms with Crippen LogP contribution in [-0.4, -0.2) is 28.4 Å². The summed E-state index contributed by atoms with van der Waals surface area (Å²) >= 11 is 0. The zero-order valence-electron chi connectivity index (χ0n) is 17.9. The van der Waals surface area contributed by atoms with Gasteiger partial charge in [-0.3, -0.25) is 4.72 Å². The Labute approximate surface area is 193 Å². The fraction of sp³-hybridized carbons (Fsp3) is 0.136. The van der Waals surface area contributed by atoms with E-state index in [1.165, 1.54) is 24.3 Å². The van der Waals surface area contributed by atoms with Crippen LogP contribution in [0, 0.1) is 13.8 Å². The number of anilines is 1. The molecule has 0 fully saturated rings. The summed E-state index contributed by atoms with van der Waals surface area (Å²) in [6.07, 6.45) is -4.55. The van der Waals surface area contributed by atoms with Crippen LogP contribution in [0.4, 0.5) is 18.9 Å². The van der Waals surface area contributed by atoms with Gasteiger partial charge in [0.15, 0.2) is 5.82 Å². The second kappa shape index (κ2) is 8.78. The molecule has 0 aliphatic rings. The molecule has 0 spiro atoms. The van der Waals surface area contributed by atoms with Crippen molar-refractivity contribution >= 4 is 15.7 Å². The van der Waals surface area contributed by atoms with Crippen molar-refractivity contribution in [3.8, 4) is 17.4 Å². The molecule has 2 aromatic carbocycles. The summed E-state index contributed by atoms with van der Waals surface area (Å²) in [5, 5.41) is 12.5. The van der Waals surface area contributed by atoms with Crippen LogP contribution in [0.25, 0.3) is 5.82 Å². The highest BCUT2D eigenvalue weighted by Gasteiger charge is 2.30. The highest BCUT2D eigenvalue weighted by Crippen LogP contribution is 2.30. The molecule has 0 aliphatic heterocycles. The number of rotatable bonds is 6.